The van der Waals surface area contributed by atoms with Gasteiger partial charge in [-0.05, 0) is 35.8 Å². The van der Waals surface area contributed by atoms with Crippen LogP contribution in [0.1, 0.15) is 13.3 Å². The van der Waals surface area contributed by atoms with Gasteiger partial charge in [-0.1, -0.05) is 12.7 Å². The summed E-state index contributed by atoms with van der Waals surface area (Å²) in [5.41, 5.74) is 1.24. The molecule has 2 amide bonds. The highest BCUT2D eigenvalue weighted by Crippen LogP contribution is 2.57. The molecule has 0 bridgehead atoms. The highest BCUT2D eigenvalue weighted by atomic mass is 19.1. The van der Waals surface area contributed by atoms with Gasteiger partial charge in [0.25, 0.3) is 0 Å². The molecule has 0 aromatic heterocycles. The fourth-order valence-electron chi connectivity index (χ4n) is 3.60. The lowest BCUT2D eigenvalue weighted by molar-refractivity contribution is -0.119. The van der Waals surface area contributed by atoms with Gasteiger partial charge in [0.2, 0.25) is 5.91 Å². The summed E-state index contributed by atoms with van der Waals surface area (Å²) in [7, 11) is 0. The van der Waals surface area contributed by atoms with E-state index in [-0.39, 0.29) is 25.6 Å². The number of aliphatic hydroxyl groups excluding tert-OH is 1. The first kappa shape index (κ1) is 17.7. The van der Waals surface area contributed by atoms with Crippen molar-refractivity contribution in [3.05, 3.63) is 35.7 Å². The van der Waals surface area contributed by atoms with Crippen LogP contribution < -0.4 is 5.32 Å². The van der Waals surface area contributed by atoms with Gasteiger partial charge in [0.15, 0.2) is 0 Å². The molecule has 2 aliphatic carbocycles. The largest absolute Gasteiger partial charge is 0.442 e. The van der Waals surface area contributed by atoms with Gasteiger partial charge in [-0.25, -0.2) is 9.18 Å². The van der Waals surface area contributed by atoms with Crippen LogP contribution in [0.2, 0.25) is 0 Å². The number of cyclic esters (lactones) is 1. The second-order valence-electron chi connectivity index (χ2n) is 6.86. The summed E-state index contributed by atoms with van der Waals surface area (Å²) in [6.07, 6.45) is 3.15. The Balaban J connectivity index is 1.50. The van der Waals surface area contributed by atoms with Crippen molar-refractivity contribution in [2.75, 3.05) is 26.2 Å². The number of carbonyl (C=O) groups excluding carboxylic acids is 2. The molecule has 7 heteroatoms. The normalized spacial score (nSPS) is 30.7. The zero-order valence-corrected chi connectivity index (χ0v) is 14.2. The maximum atomic E-state index is 14.3. The standard InChI is InChI=1S/C18H23FN2O4/c1-10(12-5-14-15(6-12)16(14)9-22)17(19)3-4-21-8-13(25-18(21)24)7-20-11(2)23/h3,5,13-16,22H,1,4,6-9H2,2H3,(H,20,23)/b17-3+/t13-,14-,15+,16+/m0/s1. The molecule has 2 N–H and O–H groups in total. The molecule has 0 radical (unpaired) electrons. The first-order chi connectivity index (χ1) is 11.9. The number of nitrogens with one attached hydrogen (secondary N) is 1. The third-order valence-corrected chi connectivity index (χ3v) is 5.15. The van der Waals surface area contributed by atoms with E-state index in [1.54, 1.807) is 0 Å². The number of hydrogen-bond acceptors (Lipinski definition) is 4. The predicted octanol–water partition coefficient (Wildman–Crippen LogP) is 1.54. The quantitative estimate of drug-likeness (QED) is 0.683. The Bertz CT molecular complexity index is 657. The van der Waals surface area contributed by atoms with E-state index >= 15 is 0 Å². The van der Waals surface area contributed by atoms with Crippen LogP contribution in [0.5, 0.6) is 0 Å². The monoisotopic (exact) mass is 350 g/mol. The minimum absolute atomic E-state index is 0.0969. The van der Waals surface area contributed by atoms with E-state index < -0.39 is 18.0 Å². The SMILES string of the molecule is C=C(C1=C[C@@H]2[C@@H](CO)[C@@H]2C1)/C(F)=C\CN1C[C@H](CNC(C)=O)OC1=O. The van der Waals surface area contributed by atoms with Crippen molar-refractivity contribution < 1.29 is 23.8 Å². The topological polar surface area (TPSA) is 78.9 Å². The lowest BCUT2D eigenvalue weighted by Gasteiger charge is -2.12. The number of rotatable bonds is 7. The molecule has 136 valence electrons. The van der Waals surface area contributed by atoms with Gasteiger partial charge < -0.3 is 20.1 Å². The second-order valence-corrected chi connectivity index (χ2v) is 6.86. The number of carbonyl (C=O) groups is 2. The number of halogens is 1. The van der Waals surface area contributed by atoms with Crippen molar-refractivity contribution in [1.29, 1.82) is 0 Å². The van der Waals surface area contributed by atoms with Crippen molar-refractivity contribution in [2.24, 2.45) is 17.8 Å². The van der Waals surface area contributed by atoms with Crippen molar-refractivity contribution in [2.45, 2.75) is 19.4 Å². The molecular formula is C18H23FN2O4. The molecule has 0 aromatic carbocycles. The Morgan fingerprint density at radius 2 is 2.36 bits per heavy atom. The van der Waals surface area contributed by atoms with Crippen LogP contribution in [-0.2, 0) is 9.53 Å². The summed E-state index contributed by atoms with van der Waals surface area (Å²) in [5, 5.41) is 11.8. The fourth-order valence-corrected chi connectivity index (χ4v) is 3.60. The molecule has 0 spiro atoms. The highest BCUT2D eigenvalue weighted by Gasteiger charge is 2.52. The van der Waals surface area contributed by atoms with E-state index in [0.29, 0.717) is 29.9 Å². The Morgan fingerprint density at radius 1 is 1.60 bits per heavy atom. The molecule has 0 unspecified atom stereocenters. The molecule has 3 rings (SSSR count). The van der Waals surface area contributed by atoms with E-state index in [1.165, 1.54) is 17.9 Å². The molecule has 1 saturated carbocycles. The Hall–Kier alpha value is -2.15. The summed E-state index contributed by atoms with van der Waals surface area (Å²) in [5.74, 6) is 0.470. The molecule has 6 nitrogen and oxygen atoms in total. The van der Waals surface area contributed by atoms with Gasteiger partial charge in [-0.2, -0.15) is 0 Å². The van der Waals surface area contributed by atoms with E-state index in [0.717, 1.165) is 12.0 Å². The zero-order valence-electron chi connectivity index (χ0n) is 14.2. The third-order valence-electron chi connectivity index (χ3n) is 5.15. The summed E-state index contributed by atoms with van der Waals surface area (Å²) in [6.45, 7) is 6.04. The Kier molecular flexibility index (Phi) is 4.94. The maximum absolute atomic E-state index is 14.3. The van der Waals surface area contributed by atoms with Gasteiger partial charge in [0.1, 0.15) is 11.9 Å². The second kappa shape index (κ2) is 7.00. The summed E-state index contributed by atoms with van der Waals surface area (Å²) in [6, 6.07) is 0. The molecular weight excluding hydrogens is 327 g/mol. The van der Waals surface area contributed by atoms with Crippen LogP contribution in [0.25, 0.3) is 0 Å². The van der Waals surface area contributed by atoms with Crippen LogP contribution in [0.15, 0.2) is 35.7 Å². The number of hydrogen-bond donors (Lipinski definition) is 2. The maximum Gasteiger partial charge on any atom is 0.410 e. The van der Waals surface area contributed by atoms with Gasteiger partial charge >= 0.3 is 6.09 Å². The number of fused-ring (bicyclic) bond motifs is 1. The number of ether oxygens (including phenoxy) is 1. The number of nitrogens with zero attached hydrogens (tertiary/aromatic N) is 1. The third kappa shape index (κ3) is 3.76. The Labute approximate surface area is 146 Å². The minimum atomic E-state index is -0.517. The van der Waals surface area contributed by atoms with E-state index in [1.807, 2.05) is 6.08 Å². The molecule has 1 saturated heterocycles. The van der Waals surface area contributed by atoms with E-state index in [9.17, 15) is 14.0 Å². The smallest absolute Gasteiger partial charge is 0.410 e. The van der Waals surface area contributed by atoms with E-state index in [2.05, 4.69) is 11.9 Å². The average Bonchev–Trinajstić information content (AvgIpc) is 2.91. The highest BCUT2D eigenvalue weighted by molar-refractivity contribution is 5.73. The van der Waals surface area contributed by atoms with Gasteiger partial charge in [-0.15, -0.1) is 0 Å². The van der Waals surface area contributed by atoms with Crippen LogP contribution in [0, 0.1) is 17.8 Å². The van der Waals surface area contributed by atoms with Crippen molar-refractivity contribution in [1.82, 2.24) is 10.2 Å². The van der Waals surface area contributed by atoms with Crippen LogP contribution in [-0.4, -0.2) is 54.4 Å². The fraction of sp³-hybridized carbons (Fsp3) is 0.556. The van der Waals surface area contributed by atoms with Gasteiger partial charge in [0.05, 0.1) is 13.1 Å². The van der Waals surface area contributed by atoms with Gasteiger partial charge in [-0.3, -0.25) is 4.79 Å². The number of amides is 2. The lowest BCUT2D eigenvalue weighted by Crippen LogP contribution is -2.33. The van der Waals surface area contributed by atoms with Crippen LogP contribution >= 0.6 is 0 Å². The van der Waals surface area contributed by atoms with Crippen molar-refractivity contribution in [3.8, 4) is 0 Å². The van der Waals surface area contributed by atoms with E-state index in [4.69, 9.17) is 9.84 Å². The first-order valence-corrected chi connectivity index (χ1v) is 8.47. The van der Waals surface area contributed by atoms with Crippen molar-refractivity contribution in [3.63, 3.8) is 0 Å². The lowest BCUT2D eigenvalue weighted by atomic mass is 10.0. The first-order valence-electron chi connectivity index (χ1n) is 8.47. The molecule has 1 heterocycles. The Morgan fingerprint density at radius 3 is 2.96 bits per heavy atom. The van der Waals surface area contributed by atoms with Crippen molar-refractivity contribution >= 4 is 12.0 Å². The molecule has 1 aliphatic heterocycles. The van der Waals surface area contributed by atoms with Crippen LogP contribution in [0.4, 0.5) is 9.18 Å². The molecule has 0 aromatic rings. The number of aliphatic hydroxyl groups is 1. The zero-order chi connectivity index (χ0) is 18.1. The minimum Gasteiger partial charge on any atom is -0.442 e. The molecule has 4 atom stereocenters. The average molecular weight is 350 g/mol. The predicted molar refractivity (Wildman–Crippen MR) is 89.1 cm³/mol. The summed E-state index contributed by atoms with van der Waals surface area (Å²) < 4.78 is 19.5. The molecule has 25 heavy (non-hydrogen) atoms. The van der Waals surface area contributed by atoms with Crippen LogP contribution in [0.3, 0.4) is 0 Å². The summed E-state index contributed by atoms with van der Waals surface area (Å²) >= 11 is 0. The summed E-state index contributed by atoms with van der Waals surface area (Å²) in [4.78, 5) is 24.1. The molecule has 2 fully saturated rings. The molecule has 3 aliphatic rings. The number of allylic oxidation sites excluding steroid dienone is 4. The van der Waals surface area contributed by atoms with Gasteiger partial charge in [0, 0.05) is 25.6 Å².